The summed E-state index contributed by atoms with van der Waals surface area (Å²) in [6.45, 7) is 4.00. The van der Waals surface area contributed by atoms with Gasteiger partial charge >= 0.3 is 0 Å². The Bertz CT molecular complexity index is 368. The summed E-state index contributed by atoms with van der Waals surface area (Å²) >= 11 is 1.51. The summed E-state index contributed by atoms with van der Waals surface area (Å²) in [5.74, 6) is 0. The first-order chi connectivity index (χ1) is 6.86. The molecule has 0 bridgehead atoms. The molecule has 0 spiro atoms. The molecule has 1 heterocycles. The van der Waals surface area contributed by atoms with E-state index in [0.29, 0.717) is 5.13 Å². The molecule has 2 aromatic rings. The third-order valence-corrected chi connectivity index (χ3v) is 2.46. The molecule has 14 heavy (non-hydrogen) atoms. The van der Waals surface area contributed by atoms with Crippen molar-refractivity contribution in [1.29, 1.82) is 0 Å². The van der Waals surface area contributed by atoms with Crippen molar-refractivity contribution in [3.8, 4) is 10.4 Å². The van der Waals surface area contributed by atoms with Gasteiger partial charge in [0.15, 0.2) is 5.13 Å². The number of benzene rings is 1. The molecule has 0 aliphatic rings. The Balaban J connectivity index is 0.000000461. The van der Waals surface area contributed by atoms with Crippen LogP contribution in [0.2, 0.25) is 0 Å². The normalized spacial score (nSPS) is 9.00. The van der Waals surface area contributed by atoms with Crippen molar-refractivity contribution in [3.05, 3.63) is 36.5 Å². The van der Waals surface area contributed by atoms with E-state index >= 15 is 0 Å². The number of nitrogens with two attached hydrogens (primary N) is 1. The highest BCUT2D eigenvalue weighted by Crippen LogP contribution is 2.26. The molecule has 0 saturated carbocycles. The van der Waals surface area contributed by atoms with Crippen molar-refractivity contribution in [2.24, 2.45) is 0 Å². The Morgan fingerprint density at radius 3 is 2.29 bits per heavy atom. The summed E-state index contributed by atoms with van der Waals surface area (Å²) in [4.78, 5) is 5.11. The summed E-state index contributed by atoms with van der Waals surface area (Å²) < 4.78 is 0. The van der Waals surface area contributed by atoms with Crippen molar-refractivity contribution in [3.63, 3.8) is 0 Å². The number of hydrogen-bond donors (Lipinski definition) is 1. The predicted octanol–water partition coefficient (Wildman–Crippen LogP) is 3.42. The van der Waals surface area contributed by atoms with E-state index in [1.54, 1.807) is 6.20 Å². The highest BCUT2D eigenvalue weighted by Gasteiger charge is 1.99. The minimum atomic E-state index is 0.619. The fourth-order valence-electron chi connectivity index (χ4n) is 1.02. The van der Waals surface area contributed by atoms with E-state index in [1.807, 2.05) is 44.2 Å². The maximum absolute atomic E-state index is 5.52. The lowest BCUT2D eigenvalue weighted by Crippen LogP contribution is -1.77. The van der Waals surface area contributed by atoms with Crippen LogP contribution in [-0.4, -0.2) is 4.98 Å². The Morgan fingerprint density at radius 2 is 1.79 bits per heavy atom. The van der Waals surface area contributed by atoms with Crippen molar-refractivity contribution >= 4 is 16.5 Å². The molecule has 0 unspecified atom stereocenters. The molecule has 0 radical (unpaired) electrons. The molecule has 74 valence electrons. The molecule has 0 amide bonds. The van der Waals surface area contributed by atoms with Gasteiger partial charge in [0.1, 0.15) is 0 Å². The molecule has 0 fully saturated rings. The van der Waals surface area contributed by atoms with Crippen molar-refractivity contribution in [1.82, 2.24) is 4.98 Å². The van der Waals surface area contributed by atoms with E-state index in [0.717, 1.165) is 4.88 Å². The van der Waals surface area contributed by atoms with Crippen LogP contribution in [0.1, 0.15) is 13.8 Å². The SMILES string of the molecule is CC.Nc1ncc(-c2ccccc2)s1. The highest BCUT2D eigenvalue weighted by molar-refractivity contribution is 7.18. The smallest absolute Gasteiger partial charge is 0.180 e. The first kappa shape index (κ1) is 10.7. The Kier molecular flexibility index (Phi) is 4.13. The van der Waals surface area contributed by atoms with Crippen LogP contribution < -0.4 is 5.73 Å². The van der Waals surface area contributed by atoms with Crippen LogP contribution in [0, 0.1) is 0 Å². The van der Waals surface area contributed by atoms with Gasteiger partial charge < -0.3 is 5.73 Å². The number of aromatic nitrogens is 1. The number of nitrogens with zero attached hydrogens (tertiary/aromatic N) is 1. The van der Waals surface area contributed by atoms with E-state index in [2.05, 4.69) is 4.98 Å². The van der Waals surface area contributed by atoms with Gasteiger partial charge in [-0.05, 0) is 5.56 Å². The van der Waals surface area contributed by atoms with Crippen molar-refractivity contribution < 1.29 is 0 Å². The zero-order valence-corrected chi connectivity index (χ0v) is 9.21. The number of rotatable bonds is 1. The van der Waals surface area contributed by atoms with Crippen LogP contribution in [0.25, 0.3) is 10.4 Å². The van der Waals surface area contributed by atoms with Crippen LogP contribution >= 0.6 is 11.3 Å². The summed E-state index contributed by atoms with van der Waals surface area (Å²) in [5.41, 5.74) is 6.70. The van der Waals surface area contributed by atoms with E-state index in [-0.39, 0.29) is 0 Å². The summed E-state index contributed by atoms with van der Waals surface area (Å²) in [6.07, 6.45) is 1.80. The molecule has 1 aromatic heterocycles. The molecule has 0 atom stereocenters. The van der Waals surface area contributed by atoms with Crippen molar-refractivity contribution in [2.75, 3.05) is 5.73 Å². The minimum Gasteiger partial charge on any atom is -0.375 e. The summed E-state index contributed by atoms with van der Waals surface area (Å²) in [5, 5.41) is 0.619. The van der Waals surface area contributed by atoms with Gasteiger partial charge in [-0.15, -0.1) is 0 Å². The second-order valence-electron chi connectivity index (χ2n) is 2.43. The van der Waals surface area contributed by atoms with Gasteiger partial charge in [-0.2, -0.15) is 0 Å². The molecule has 2 rings (SSSR count). The molecule has 3 heteroatoms. The van der Waals surface area contributed by atoms with E-state index < -0.39 is 0 Å². The number of nitrogen functional groups attached to an aromatic ring is 1. The van der Waals surface area contributed by atoms with Gasteiger partial charge in [0.2, 0.25) is 0 Å². The molecular formula is C11H14N2S. The fourth-order valence-corrected chi connectivity index (χ4v) is 1.71. The van der Waals surface area contributed by atoms with Gasteiger partial charge in [-0.25, -0.2) is 4.98 Å². The zero-order chi connectivity index (χ0) is 10.4. The number of thiazole rings is 1. The maximum Gasteiger partial charge on any atom is 0.180 e. The molecule has 2 nitrogen and oxygen atoms in total. The molecule has 2 N–H and O–H groups in total. The quantitative estimate of drug-likeness (QED) is 0.776. The van der Waals surface area contributed by atoms with Crippen LogP contribution in [0.5, 0.6) is 0 Å². The van der Waals surface area contributed by atoms with Crippen LogP contribution in [0.15, 0.2) is 36.5 Å². The molecule has 0 aliphatic carbocycles. The standard InChI is InChI=1S/C9H8N2S.C2H6/c10-9-11-6-8(12-9)7-4-2-1-3-5-7;1-2/h1-6H,(H2,10,11);1-2H3. The Hall–Kier alpha value is -1.35. The molecule has 1 aromatic carbocycles. The second kappa shape index (κ2) is 5.40. The summed E-state index contributed by atoms with van der Waals surface area (Å²) in [6, 6.07) is 10.1. The fraction of sp³-hybridized carbons (Fsp3) is 0.182. The van der Waals surface area contributed by atoms with E-state index in [4.69, 9.17) is 5.73 Å². The average Bonchev–Trinajstić information content (AvgIpc) is 2.69. The van der Waals surface area contributed by atoms with Crippen LogP contribution in [0.3, 0.4) is 0 Å². The van der Waals surface area contributed by atoms with Gasteiger partial charge in [-0.3, -0.25) is 0 Å². The summed E-state index contributed by atoms with van der Waals surface area (Å²) in [7, 11) is 0. The van der Waals surface area contributed by atoms with Gasteiger partial charge in [0.25, 0.3) is 0 Å². The van der Waals surface area contributed by atoms with Crippen LogP contribution in [0.4, 0.5) is 5.13 Å². The number of anilines is 1. The lowest BCUT2D eigenvalue weighted by atomic mass is 10.2. The van der Waals surface area contributed by atoms with Gasteiger partial charge in [0.05, 0.1) is 4.88 Å². The topological polar surface area (TPSA) is 38.9 Å². The Morgan fingerprint density at radius 1 is 1.14 bits per heavy atom. The first-order valence-electron chi connectivity index (χ1n) is 4.63. The van der Waals surface area contributed by atoms with Gasteiger partial charge in [0, 0.05) is 6.20 Å². The predicted molar refractivity (Wildman–Crippen MR) is 63.3 cm³/mol. The molecule has 0 saturated heterocycles. The Labute approximate surface area is 88.4 Å². The monoisotopic (exact) mass is 206 g/mol. The van der Waals surface area contributed by atoms with Crippen LogP contribution in [-0.2, 0) is 0 Å². The van der Waals surface area contributed by atoms with E-state index in [9.17, 15) is 0 Å². The third kappa shape index (κ3) is 2.57. The zero-order valence-electron chi connectivity index (χ0n) is 8.40. The lowest BCUT2D eigenvalue weighted by molar-refractivity contribution is 1.42. The first-order valence-corrected chi connectivity index (χ1v) is 5.44. The molecular weight excluding hydrogens is 192 g/mol. The third-order valence-electron chi connectivity index (χ3n) is 1.58. The second-order valence-corrected chi connectivity index (χ2v) is 3.49. The van der Waals surface area contributed by atoms with E-state index in [1.165, 1.54) is 16.9 Å². The maximum atomic E-state index is 5.52. The van der Waals surface area contributed by atoms with Gasteiger partial charge in [-0.1, -0.05) is 55.5 Å². The molecule has 0 aliphatic heterocycles. The van der Waals surface area contributed by atoms with Crippen molar-refractivity contribution in [2.45, 2.75) is 13.8 Å². The number of hydrogen-bond acceptors (Lipinski definition) is 3. The average molecular weight is 206 g/mol. The largest absolute Gasteiger partial charge is 0.375 e. The minimum absolute atomic E-state index is 0.619. The highest BCUT2D eigenvalue weighted by atomic mass is 32.1. The lowest BCUT2D eigenvalue weighted by Gasteiger charge is -1.92.